The Labute approximate surface area is 208 Å². The van der Waals surface area contributed by atoms with Gasteiger partial charge in [0.1, 0.15) is 17.7 Å². The number of ether oxygens (including phenoxy) is 2. The lowest BCUT2D eigenvalue weighted by Gasteiger charge is -2.41. The first-order valence-electron chi connectivity index (χ1n) is 12.7. The molecule has 1 aromatic carbocycles. The predicted octanol–water partition coefficient (Wildman–Crippen LogP) is 3.63. The van der Waals surface area contributed by atoms with Crippen LogP contribution in [-0.4, -0.2) is 71.6 Å². The molecule has 1 aliphatic carbocycles. The van der Waals surface area contributed by atoms with Gasteiger partial charge in [-0.1, -0.05) is 24.3 Å². The molecule has 7 nitrogen and oxygen atoms in total. The number of carbonyl (C=O) groups excluding carboxylic acids is 1. The van der Waals surface area contributed by atoms with E-state index in [-0.39, 0.29) is 29.8 Å². The van der Waals surface area contributed by atoms with Crippen molar-refractivity contribution in [2.75, 3.05) is 26.3 Å². The SMILES string of the molecule is C[C@](O)(c1ccc(C2OC2N(C2CC2)C2CCN(C(=O)C3(C#N)CCOCC3)CC2)cc1)C(F)(F)F. The number of piperidine rings is 1. The van der Waals surface area contributed by atoms with E-state index in [1.54, 1.807) is 12.1 Å². The lowest BCUT2D eigenvalue weighted by molar-refractivity contribution is -0.258. The van der Waals surface area contributed by atoms with E-state index in [0.717, 1.165) is 38.2 Å². The molecule has 0 spiro atoms. The number of hydrogen-bond acceptors (Lipinski definition) is 6. The lowest BCUT2D eigenvalue weighted by atomic mass is 9.80. The first kappa shape index (κ1) is 25.5. The molecule has 4 aliphatic rings. The number of amides is 1. The molecular weight excluding hydrogens is 475 g/mol. The smallest absolute Gasteiger partial charge is 0.381 e. The maximum Gasteiger partial charge on any atom is 0.421 e. The van der Waals surface area contributed by atoms with E-state index in [4.69, 9.17) is 9.47 Å². The lowest BCUT2D eigenvalue weighted by Crippen LogP contribution is -2.53. The topological polar surface area (TPSA) is 89.3 Å². The third-order valence-corrected chi connectivity index (χ3v) is 8.23. The van der Waals surface area contributed by atoms with Gasteiger partial charge in [0.2, 0.25) is 5.91 Å². The standard InChI is InChI=1S/C26H32F3N3O4/c1-24(34,26(27,28)29)18-4-2-17(3-5-18)21-22(36-21)32(19-6-7-19)20-8-12-31(13-9-20)23(33)25(16-30)10-14-35-15-11-25/h2-5,19-22,34H,6-15H2,1H3/t21?,22?,24-/m0/s1. The molecule has 3 atom stereocenters. The molecule has 1 aromatic rings. The molecule has 1 N–H and O–H groups in total. The van der Waals surface area contributed by atoms with Gasteiger partial charge in [0.05, 0.1) is 6.07 Å². The van der Waals surface area contributed by atoms with Gasteiger partial charge in [0.15, 0.2) is 5.60 Å². The first-order chi connectivity index (χ1) is 17.1. The maximum atomic E-state index is 13.2. The second-order valence-corrected chi connectivity index (χ2v) is 10.6. The number of benzene rings is 1. The quantitative estimate of drug-likeness (QED) is 0.592. The van der Waals surface area contributed by atoms with Crippen LogP contribution in [-0.2, 0) is 19.9 Å². The second-order valence-electron chi connectivity index (χ2n) is 10.6. The molecule has 0 radical (unpaired) electrons. The zero-order valence-electron chi connectivity index (χ0n) is 20.3. The number of aliphatic hydroxyl groups is 1. The highest BCUT2D eigenvalue weighted by Gasteiger charge is 2.54. The minimum atomic E-state index is -4.76. The van der Waals surface area contributed by atoms with Crippen LogP contribution in [0.25, 0.3) is 0 Å². The Morgan fingerprint density at radius 2 is 1.69 bits per heavy atom. The Morgan fingerprint density at radius 1 is 1.11 bits per heavy atom. The molecule has 0 bridgehead atoms. The van der Waals surface area contributed by atoms with Crippen LogP contribution in [0.1, 0.15) is 62.7 Å². The Kier molecular flexibility index (Phi) is 6.56. The highest BCUT2D eigenvalue weighted by Crippen LogP contribution is 2.48. The molecule has 10 heteroatoms. The van der Waals surface area contributed by atoms with E-state index in [9.17, 15) is 28.3 Å². The van der Waals surface area contributed by atoms with Gasteiger partial charge in [0.25, 0.3) is 0 Å². The van der Waals surface area contributed by atoms with Crippen LogP contribution in [0.2, 0.25) is 0 Å². The van der Waals surface area contributed by atoms with Crippen LogP contribution in [0.5, 0.6) is 0 Å². The van der Waals surface area contributed by atoms with Crippen molar-refractivity contribution in [3.63, 3.8) is 0 Å². The van der Waals surface area contributed by atoms with Gasteiger partial charge in [-0.15, -0.1) is 0 Å². The maximum absolute atomic E-state index is 13.2. The fourth-order valence-electron chi connectivity index (χ4n) is 5.59. The number of hydrogen-bond donors (Lipinski definition) is 1. The van der Waals surface area contributed by atoms with Crippen molar-refractivity contribution in [1.82, 2.24) is 9.80 Å². The average Bonchev–Trinajstić information content (AvgIpc) is 3.81. The largest absolute Gasteiger partial charge is 0.421 e. The number of rotatable bonds is 6. The molecule has 2 unspecified atom stereocenters. The fraction of sp³-hybridized carbons (Fsp3) is 0.692. The van der Waals surface area contributed by atoms with Gasteiger partial charge >= 0.3 is 6.18 Å². The summed E-state index contributed by atoms with van der Waals surface area (Å²) >= 11 is 0. The zero-order chi connectivity index (χ0) is 25.7. The van der Waals surface area contributed by atoms with Crippen LogP contribution >= 0.6 is 0 Å². The first-order valence-corrected chi connectivity index (χ1v) is 12.7. The summed E-state index contributed by atoms with van der Waals surface area (Å²) in [6, 6.07) is 8.76. The van der Waals surface area contributed by atoms with Crippen molar-refractivity contribution in [3.8, 4) is 6.07 Å². The molecule has 4 fully saturated rings. The van der Waals surface area contributed by atoms with Crippen LogP contribution in [0.15, 0.2) is 24.3 Å². The van der Waals surface area contributed by atoms with Crippen molar-refractivity contribution < 1.29 is 32.5 Å². The van der Waals surface area contributed by atoms with Gasteiger partial charge < -0.3 is 19.5 Å². The second kappa shape index (κ2) is 9.28. The van der Waals surface area contributed by atoms with E-state index in [0.29, 0.717) is 45.2 Å². The van der Waals surface area contributed by atoms with E-state index < -0.39 is 17.2 Å². The monoisotopic (exact) mass is 507 g/mol. The van der Waals surface area contributed by atoms with E-state index in [2.05, 4.69) is 11.0 Å². The molecule has 196 valence electrons. The number of carbonyl (C=O) groups is 1. The molecule has 36 heavy (non-hydrogen) atoms. The van der Waals surface area contributed by atoms with Crippen molar-refractivity contribution >= 4 is 5.91 Å². The van der Waals surface area contributed by atoms with Crippen LogP contribution in [0.3, 0.4) is 0 Å². The molecule has 3 saturated heterocycles. The molecule has 1 amide bonds. The molecule has 1 saturated carbocycles. The summed E-state index contributed by atoms with van der Waals surface area (Å²) in [4.78, 5) is 17.4. The summed E-state index contributed by atoms with van der Waals surface area (Å²) in [7, 11) is 0. The van der Waals surface area contributed by atoms with Crippen LogP contribution in [0.4, 0.5) is 13.2 Å². The number of halogens is 3. The van der Waals surface area contributed by atoms with Gasteiger partial charge in [0, 0.05) is 38.4 Å². The van der Waals surface area contributed by atoms with E-state index in [1.165, 1.54) is 12.1 Å². The van der Waals surface area contributed by atoms with E-state index in [1.807, 2.05) is 4.90 Å². The highest BCUT2D eigenvalue weighted by molar-refractivity contribution is 5.85. The summed E-state index contributed by atoms with van der Waals surface area (Å²) < 4.78 is 50.9. The predicted molar refractivity (Wildman–Crippen MR) is 122 cm³/mol. The normalized spacial score (nSPS) is 28.4. The van der Waals surface area contributed by atoms with Crippen molar-refractivity contribution in [3.05, 3.63) is 35.4 Å². The van der Waals surface area contributed by atoms with Crippen molar-refractivity contribution in [2.45, 2.75) is 81.6 Å². The zero-order valence-corrected chi connectivity index (χ0v) is 20.3. The van der Waals surface area contributed by atoms with Gasteiger partial charge in [-0.2, -0.15) is 18.4 Å². The third kappa shape index (κ3) is 4.62. The summed E-state index contributed by atoms with van der Waals surface area (Å²) in [6.45, 7) is 2.80. The number of nitriles is 1. The number of alkyl halides is 3. The average molecular weight is 508 g/mol. The Balaban J connectivity index is 1.21. The minimum absolute atomic E-state index is 0.0832. The van der Waals surface area contributed by atoms with Gasteiger partial charge in [-0.05, 0) is 56.6 Å². The van der Waals surface area contributed by atoms with Crippen molar-refractivity contribution in [2.24, 2.45) is 5.41 Å². The molecule has 5 rings (SSSR count). The highest BCUT2D eigenvalue weighted by atomic mass is 19.4. The summed E-state index contributed by atoms with van der Waals surface area (Å²) in [5.41, 5.74) is -3.30. The Bertz CT molecular complexity index is 1000. The van der Waals surface area contributed by atoms with Crippen LogP contribution in [0, 0.1) is 16.7 Å². The fourth-order valence-corrected chi connectivity index (χ4v) is 5.59. The van der Waals surface area contributed by atoms with Crippen LogP contribution < -0.4 is 0 Å². The molecule has 3 aliphatic heterocycles. The number of epoxide rings is 1. The van der Waals surface area contributed by atoms with Gasteiger partial charge in [-0.25, -0.2) is 0 Å². The van der Waals surface area contributed by atoms with Gasteiger partial charge in [-0.3, -0.25) is 9.69 Å². The minimum Gasteiger partial charge on any atom is -0.381 e. The third-order valence-electron chi connectivity index (χ3n) is 8.23. The Hall–Kier alpha value is -2.19. The number of nitrogens with zero attached hydrogens (tertiary/aromatic N) is 3. The van der Waals surface area contributed by atoms with Crippen molar-refractivity contribution in [1.29, 1.82) is 5.26 Å². The number of likely N-dealkylation sites (tertiary alicyclic amines) is 1. The molecule has 0 aromatic heterocycles. The summed E-state index contributed by atoms with van der Waals surface area (Å²) in [6.07, 6.45) is -0.507. The molecule has 3 heterocycles. The van der Waals surface area contributed by atoms with E-state index >= 15 is 0 Å². The summed E-state index contributed by atoms with van der Waals surface area (Å²) in [5.74, 6) is -0.0832. The Morgan fingerprint density at radius 3 is 2.22 bits per heavy atom. The molecular formula is C26H32F3N3O4. The summed E-state index contributed by atoms with van der Waals surface area (Å²) in [5, 5.41) is 19.7.